The monoisotopic (exact) mass is 914 g/mol. The van der Waals surface area contributed by atoms with E-state index in [2.05, 4.69) is 80.2 Å². The Labute approximate surface area is 418 Å². The summed E-state index contributed by atoms with van der Waals surface area (Å²) in [5.41, 5.74) is 1.36. The Bertz CT molecular complexity index is 1080. The molecule has 0 aromatic heterocycles. The van der Waals surface area contributed by atoms with Gasteiger partial charge in [-0.1, -0.05) is 346 Å². The fraction of sp³-hybridized carbons (Fsp3) is 0.844. The summed E-state index contributed by atoms with van der Waals surface area (Å²) in [5.74, 6) is 4.88. The minimum absolute atomic E-state index is 0.327. The summed E-state index contributed by atoms with van der Waals surface area (Å²) in [6, 6.07) is 0. The van der Waals surface area contributed by atoms with Crippen LogP contribution in [0.25, 0.3) is 0 Å². The van der Waals surface area contributed by atoms with Crippen LogP contribution in [-0.2, 0) is 0 Å². The molecule has 1 heterocycles. The SMILES string of the molecule is CCCCCCCCCCCCCCCCCC/C=C/B1C=CC=C(/C=C/CCCCCCCCCCCCCCCCCC)N1/C=C/CCCCCCCCCCCCCCCCCC. The van der Waals surface area contributed by atoms with E-state index in [1.165, 1.54) is 333 Å². The molecule has 384 valence electrons. The van der Waals surface area contributed by atoms with Crippen molar-refractivity contribution in [2.45, 2.75) is 348 Å². The van der Waals surface area contributed by atoms with Gasteiger partial charge in [-0.3, -0.25) is 0 Å². The van der Waals surface area contributed by atoms with Gasteiger partial charge in [0.25, 0.3) is 0 Å². The van der Waals surface area contributed by atoms with Crippen molar-refractivity contribution in [2.24, 2.45) is 0 Å². The van der Waals surface area contributed by atoms with Gasteiger partial charge in [0, 0.05) is 5.70 Å². The molecule has 0 saturated carbocycles. The van der Waals surface area contributed by atoms with Crippen LogP contribution in [0.3, 0.4) is 0 Å². The third kappa shape index (κ3) is 45.0. The highest BCUT2D eigenvalue weighted by molar-refractivity contribution is 6.67. The summed E-state index contributed by atoms with van der Waals surface area (Å²) >= 11 is 0. The van der Waals surface area contributed by atoms with E-state index in [1.54, 1.807) is 0 Å². The molecule has 0 N–H and O–H groups in total. The maximum Gasteiger partial charge on any atom is 0.312 e. The van der Waals surface area contributed by atoms with Gasteiger partial charge in [0.2, 0.25) is 0 Å². The highest BCUT2D eigenvalue weighted by Gasteiger charge is 2.19. The molecule has 0 fully saturated rings. The first-order valence-corrected chi connectivity index (χ1v) is 31.0. The number of hydrogen-bond donors (Lipinski definition) is 0. The lowest BCUT2D eigenvalue weighted by molar-refractivity contribution is 0.530. The topological polar surface area (TPSA) is 3.24 Å². The molecule has 2 heteroatoms. The van der Waals surface area contributed by atoms with Crippen LogP contribution in [-0.4, -0.2) is 11.7 Å². The van der Waals surface area contributed by atoms with Gasteiger partial charge < -0.3 is 4.81 Å². The second-order valence-corrected chi connectivity index (χ2v) is 21.4. The molecule has 0 spiro atoms. The highest BCUT2D eigenvalue weighted by Crippen LogP contribution is 2.21. The lowest BCUT2D eigenvalue weighted by atomic mass is 9.58. The number of unbranched alkanes of at least 4 members (excludes halogenated alkanes) is 48. The molecule has 0 unspecified atom stereocenters. The van der Waals surface area contributed by atoms with Crippen molar-refractivity contribution in [3.05, 3.63) is 60.3 Å². The predicted octanol–water partition coefficient (Wildman–Crippen LogP) is 23.4. The molecule has 0 saturated heterocycles. The molecule has 0 amide bonds. The van der Waals surface area contributed by atoms with E-state index in [1.807, 2.05) is 0 Å². The zero-order valence-corrected chi connectivity index (χ0v) is 45.8. The van der Waals surface area contributed by atoms with Crippen molar-refractivity contribution in [3.8, 4) is 0 Å². The maximum absolute atomic E-state index is 2.54. The van der Waals surface area contributed by atoms with Gasteiger partial charge in [-0.25, -0.2) is 0 Å². The van der Waals surface area contributed by atoms with E-state index < -0.39 is 0 Å². The maximum atomic E-state index is 2.54. The normalized spacial score (nSPS) is 13.2. The number of nitrogens with zero attached hydrogens (tertiary/aromatic N) is 1. The molecule has 0 aromatic carbocycles. The summed E-state index contributed by atoms with van der Waals surface area (Å²) in [5, 5.41) is 0. The molecule has 0 atom stereocenters. The fourth-order valence-corrected chi connectivity index (χ4v) is 10.2. The Morgan fingerprint density at radius 1 is 0.318 bits per heavy atom. The second-order valence-electron chi connectivity index (χ2n) is 21.4. The first kappa shape index (κ1) is 62.6. The first-order chi connectivity index (χ1) is 32.8. The number of allylic oxidation sites excluding steroid dienone is 6. The van der Waals surface area contributed by atoms with Gasteiger partial charge in [0.1, 0.15) is 0 Å². The smallest absolute Gasteiger partial charge is 0.312 e. The van der Waals surface area contributed by atoms with E-state index >= 15 is 0 Å². The Morgan fingerprint density at radius 3 is 0.879 bits per heavy atom. The molecular formula is C64H120BN. The minimum atomic E-state index is 0.327. The predicted molar refractivity (Wildman–Crippen MR) is 305 cm³/mol. The van der Waals surface area contributed by atoms with Crippen LogP contribution >= 0.6 is 0 Å². The Morgan fingerprint density at radius 2 is 0.576 bits per heavy atom. The van der Waals surface area contributed by atoms with Crippen molar-refractivity contribution >= 4 is 6.85 Å². The zero-order chi connectivity index (χ0) is 47.2. The molecule has 66 heavy (non-hydrogen) atoms. The minimum Gasteiger partial charge on any atom is -0.384 e. The van der Waals surface area contributed by atoms with Gasteiger partial charge in [0.05, 0.1) is 0 Å². The standard InChI is InChI=1S/C64H120BN/c1-4-7-10-13-16-19-22-25-28-31-34-37-40-43-46-49-52-55-59-64-60-58-62-65(61-56-53-50-47-44-41-38-35-32-29-26-23-20-17-14-11-8-5-2)66(64)63-57-54-51-48-45-42-39-36-33-30-27-24-21-18-15-12-9-6-3/h55-63H,4-54H2,1-3H3/b59-55+,61-56+,63-57+. The summed E-state index contributed by atoms with van der Waals surface area (Å²) in [4.78, 5) is 2.54. The van der Waals surface area contributed by atoms with Gasteiger partial charge in [-0.05, 0) is 56.9 Å². The summed E-state index contributed by atoms with van der Waals surface area (Å²) in [6.07, 6.45) is 89.5. The Kier molecular flexibility index (Phi) is 51.7. The molecule has 1 rings (SSSR count). The van der Waals surface area contributed by atoms with Gasteiger partial charge in [-0.2, -0.15) is 0 Å². The van der Waals surface area contributed by atoms with Crippen LogP contribution in [0.2, 0.25) is 0 Å². The van der Waals surface area contributed by atoms with E-state index in [4.69, 9.17) is 0 Å². The fourth-order valence-electron chi connectivity index (χ4n) is 10.2. The molecule has 0 aromatic rings. The Balaban J connectivity index is 2.33. The van der Waals surface area contributed by atoms with Gasteiger partial charge >= 0.3 is 6.85 Å². The summed E-state index contributed by atoms with van der Waals surface area (Å²) < 4.78 is 0. The molecular weight excluding hydrogens is 794 g/mol. The van der Waals surface area contributed by atoms with Crippen LogP contribution in [0.5, 0.6) is 0 Å². The summed E-state index contributed by atoms with van der Waals surface area (Å²) in [6.45, 7) is 7.27. The van der Waals surface area contributed by atoms with E-state index in [0.717, 1.165) is 0 Å². The molecule has 0 aliphatic carbocycles. The highest BCUT2D eigenvalue weighted by atomic mass is 15.0. The molecule has 1 aliphatic heterocycles. The van der Waals surface area contributed by atoms with Crippen molar-refractivity contribution in [3.63, 3.8) is 0 Å². The zero-order valence-electron chi connectivity index (χ0n) is 45.8. The van der Waals surface area contributed by atoms with Gasteiger partial charge in [-0.15, -0.1) is 0 Å². The third-order valence-corrected chi connectivity index (χ3v) is 14.8. The molecule has 0 radical (unpaired) electrons. The van der Waals surface area contributed by atoms with E-state index in [-0.39, 0.29) is 0 Å². The average molecular weight is 914 g/mol. The van der Waals surface area contributed by atoms with E-state index in [9.17, 15) is 0 Å². The van der Waals surface area contributed by atoms with Crippen LogP contribution in [0.4, 0.5) is 0 Å². The Hall–Kier alpha value is -1.44. The van der Waals surface area contributed by atoms with Crippen LogP contribution in [0.1, 0.15) is 348 Å². The molecule has 1 nitrogen and oxygen atoms in total. The lowest BCUT2D eigenvalue weighted by Gasteiger charge is -2.28. The van der Waals surface area contributed by atoms with Crippen molar-refractivity contribution in [1.29, 1.82) is 0 Å². The summed E-state index contributed by atoms with van der Waals surface area (Å²) in [7, 11) is 0. The van der Waals surface area contributed by atoms with Crippen molar-refractivity contribution in [1.82, 2.24) is 4.81 Å². The van der Waals surface area contributed by atoms with E-state index in [0.29, 0.717) is 6.85 Å². The van der Waals surface area contributed by atoms with Crippen LogP contribution in [0.15, 0.2) is 60.3 Å². The average Bonchev–Trinajstić information content (AvgIpc) is 3.33. The quantitative estimate of drug-likeness (QED) is 0.0434. The first-order valence-electron chi connectivity index (χ1n) is 31.0. The molecule has 0 bridgehead atoms. The number of rotatable bonds is 54. The van der Waals surface area contributed by atoms with Crippen LogP contribution in [0, 0.1) is 0 Å². The van der Waals surface area contributed by atoms with Gasteiger partial charge in [0.15, 0.2) is 0 Å². The second kappa shape index (κ2) is 54.5. The van der Waals surface area contributed by atoms with Crippen LogP contribution < -0.4 is 0 Å². The number of hydrogen-bond acceptors (Lipinski definition) is 1. The van der Waals surface area contributed by atoms with Crippen molar-refractivity contribution in [2.75, 3.05) is 0 Å². The van der Waals surface area contributed by atoms with Crippen molar-refractivity contribution < 1.29 is 0 Å². The lowest BCUT2D eigenvalue weighted by Crippen LogP contribution is -2.33. The largest absolute Gasteiger partial charge is 0.384 e. The molecule has 1 aliphatic rings. The third-order valence-electron chi connectivity index (χ3n) is 14.8.